The van der Waals surface area contributed by atoms with Crippen LogP contribution in [-0.2, 0) is 14.3 Å². The SMILES string of the molecule is COC(=O)CC/C=C/C1=C(OC)N/C(=C/O)N=C1. The lowest BCUT2D eigenvalue weighted by Gasteiger charge is -2.15. The Morgan fingerprint density at radius 3 is 2.94 bits per heavy atom. The van der Waals surface area contributed by atoms with Crippen LogP contribution in [0, 0.1) is 0 Å². The number of nitrogens with one attached hydrogen (secondary N) is 1. The van der Waals surface area contributed by atoms with Gasteiger partial charge in [-0.1, -0.05) is 12.2 Å². The summed E-state index contributed by atoms with van der Waals surface area (Å²) in [6.45, 7) is 0. The highest BCUT2D eigenvalue weighted by Crippen LogP contribution is 2.11. The van der Waals surface area contributed by atoms with Crippen molar-refractivity contribution < 1.29 is 19.4 Å². The highest BCUT2D eigenvalue weighted by atomic mass is 16.5. The number of aliphatic hydroxyl groups is 1. The molecule has 0 aromatic heterocycles. The van der Waals surface area contributed by atoms with Crippen LogP contribution in [-0.4, -0.2) is 31.5 Å². The molecular formula is C12H16N2O4. The Bertz CT molecular complexity index is 422. The van der Waals surface area contributed by atoms with E-state index in [1.54, 1.807) is 12.3 Å². The highest BCUT2D eigenvalue weighted by molar-refractivity contribution is 5.84. The van der Waals surface area contributed by atoms with E-state index < -0.39 is 0 Å². The predicted molar refractivity (Wildman–Crippen MR) is 66.8 cm³/mol. The van der Waals surface area contributed by atoms with Gasteiger partial charge in [0.25, 0.3) is 0 Å². The van der Waals surface area contributed by atoms with Crippen LogP contribution in [0.1, 0.15) is 12.8 Å². The zero-order valence-electron chi connectivity index (χ0n) is 10.3. The Balaban J connectivity index is 2.60. The first-order chi connectivity index (χ1) is 8.71. The van der Waals surface area contributed by atoms with Crippen LogP contribution in [0.2, 0.25) is 0 Å². The number of aliphatic imine (C=N–C) groups is 1. The normalized spacial score (nSPS) is 17.1. The van der Waals surface area contributed by atoms with Crippen LogP contribution < -0.4 is 5.32 Å². The topological polar surface area (TPSA) is 80.2 Å². The third-order valence-corrected chi connectivity index (χ3v) is 2.21. The van der Waals surface area contributed by atoms with Gasteiger partial charge in [0.05, 0.1) is 19.8 Å². The van der Waals surface area contributed by atoms with Crippen molar-refractivity contribution >= 4 is 12.2 Å². The summed E-state index contributed by atoms with van der Waals surface area (Å²) in [5.41, 5.74) is 0.730. The first kappa shape index (κ1) is 13.8. The molecule has 0 aromatic carbocycles. The van der Waals surface area contributed by atoms with E-state index in [1.807, 2.05) is 6.08 Å². The lowest BCUT2D eigenvalue weighted by Crippen LogP contribution is -2.19. The molecule has 0 radical (unpaired) electrons. The van der Waals surface area contributed by atoms with Crippen molar-refractivity contribution in [1.29, 1.82) is 0 Å². The summed E-state index contributed by atoms with van der Waals surface area (Å²) in [7, 11) is 2.87. The van der Waals surface area contributed by atoms with Crippen LogP contribution in [0.3, 0.4) is 0 Å². The lowest BCUT2D eigenvalue weighted by atomic mass is 10.2. The van der Waals surface area contributed by atoms with Crippen molar-refractivity contribution in [1.82, 2.24) is 5.32 Å². The fraction of sp³-hybridized carbons (Fsp3) is 0.333. The monoisotopic (exact) mass is 252 g/mol. The van der Waals surface area contributed by atoms with E-state index in [-0.39, 0.29) is 5.97 Å². The van der Waals surface area contributed by atoms with E-state index in [0.717, 1.165) is 11.8 Å². The van der Waals surface area contributed by atoms with Crippen molar-refractivity contribution in [3.8, 4) is 0 Å². The Kier molecular flexibility index (Phi) is 5.50. The standard InChI is InChI=1S/C12H16N2O4/c1-17-11(16)6-4-3-5-9-7-13-10(8-15)14-12(9)18-2/h3,5,7-8,14-15H,4,6H2,1-2H3/b5-3+,10-8+. The summed E-state index contributed by atoms with van der Waals surface area (Å²) in [5.74, 6) is 0.541. The van der Waals surface area contributed by atoms with Crippen LogP contribution >= 0.6 is 0 Å². The molecule has 0 atom stereocenters. The van der Waals surface area contributed by atoms with E-state index in [9.17, 15) is 4.79 Å². The molecule has 6 heteroatoms. The number of allylic oxidation sites excluding steroid dienone is 3. The molecule has 18 heavy (non-hydrogen) atoms. The van der Waals surface area contributed by atoms with E-state index in [1.165, 1.54) is 14.2 Å². The summed E-state index contributed by atoms with van der Waals surface area (Å²) in [6.07, 6.45) is 6.93. The summed E-state index contributed by atoms with van der Waals surface area (Å²) in [4.78, 5) is 14.9. The molecule has 6 nitrogen and oxygen atoms in total. The van der Waals surface area contributed by atoms with Gasteiger partial charge in [-0.2, -0.15) is 0 Å². The molecule has 0 saturated carbocycles. The third kappa shape index (κ3) is 3.97. The quantitative estimate of drug-likeness (QED) is 0.571. The van der Waals surface area contributed by atoms with Gasteiger partial charge in [-0.25, -0.2) is 4.99 Å². The van der Waals surface area contributed by atoms with E-state index >= 15 is 0 Å². The Morgan fingerprint density at radius 1 is 1.56 bits per heavy atom. The van der Waals surface area contributed by atoms with Crippen LogP contribution in [0.4, 0.5) is 0 Å². The first-order valence-corrected chi connectivity index (χ1v) is 5.38. The number of aliphatic hydroxyl groups excluding tert-OH is 1. The van der Waals surface area contributed by atoms with Crippen molar-refractivity contribution in [3.05, 3.63) is 35.7 Å². The number of methoxy groups -OCH3 is 2. The second kappa shape index (κ2) is 7.16. The van der Waals surface area contributed by atoms with Gasteiger partial charge in [-0.05, 0) is 6.42 Å². The first-order valence-electron chi connectivity index (χ1n) is 5.38. The van der Waals surface area contributed by atoms with Crippen LogP contribution in [0.5, 0.6) is 0 Å². The average molecular weight is 252 g/mol. The average Bonchev–Trinajstić information content (AvgIpc) is 2.43. The molecule has 0 aromatic rings. The molecule has 0 amide bonds. The largest absolute Gasteiger partial charge is 0.512 e. The van der Waals surface area contributed by atoms with Gasteiger partial charge in [0.15, 0.2) is 5.82 Å². The minimum atomic E-state index is -0.249. The second-order valence-corrected chi connectivity index (χ2v) is 3.40. The van der Waals surface area contributed by atoms with Crippen LogP contribution in [0.15, 0.2) is 40.7 Å². The van der Waals surface area contributed by atoms with Crippen molar-refractivity contribution in [2.75, 3.05) is 14.2 Å². The van der Waals surface area contributed by atoms with Gasteiger partial charge < -0.3 is 19.9 Å². The molecule has 1 aliphatic rings. The van der Waals surface area contributed by atoms with Crippen molar-refractivity contribution in [2.24, 2.45) is 4.99 Å². The maximum atomic E-state index is 10.9. The number of carbonyl (C=O) groups excluding carboxylic acids is 1. The zero-order chi connectivity index (χ0) is 13.4. The lowest BCUT2D eigenvalue weighted by molar-refractivity contribution is -0.140. The van der Waals surface area contributed by atoms with Gasteiger partial charge in [-0.3, -0.25) is 4.79 Å². The third-order valence-electron chi connectivity index (χ3n) is 2.21. The van der Waals surface area contributed by atoms with E-state index in [0.29, 0.717) is 24.5 Å². The van der Waals surface area contributed by atoms with Gasteiger partial charge in [0.2, 0.25) is 5.88 Å². The van der Waals surface area contributed by atoms with Gasteiger partial charge in [0, 0.05) is 12.6 Å². The number of carbonyl (C=O) groups is 1. The maximum absolute atomic E-state index is 10.9. The molecule has 1 heterocycles. The number of hydrogen-bond acceptors (Lipinski definition) is 6. The molecule has 0 saturated heterocycles. The number of hydrogen-bond donors (Lipinski definition) is 2. The van der Waals surface area contributed by atoms with E-state index in [2.05, 4.69) is 15.0 Å². The Labute approximate surface area is 105 Å². The van der Waals surface area contributed by atoms with Gasteiger partial charge in [0.1, 0.15) is 6.26 Å². The summed E-state index contributed by atoms with van der Waals surface area (Å²) in [6, 6.07) is 0. The minimum absolute atomic E-state index is 0.249. The molecule has 98 valence electrons. The maximum Gasteiger partial charge on any atom is 0.305 e. The fourth-order valence-electron chi connectivity index (χ4n) is 1.29. The van der Waals surface area contributed by atoms with Crippen LogP contribution in [0.25, 0.3) is 0 Å². The van der Waals surface area contributed by atoms with Gasteiger partial charge >= 0.3 is 5.97 Å². The summed E-state index contributed by atoms with van der Waals surface area (Å²) in [5, 5.41) is 11.6. The molecule has 1 rings (SSSR count). The molecule has 0 aliphatic carbocycles. The number of nitrogens with zero attached hydrogens (tertiary/aromatic N) is 1. The zero-order valence-corrected chi connectivity index (χ0v) is 10.3. The smallest absolute Gasteiger partial charge is 0.305 e. The fourth-order valence-corrected chi connectivity index (χ4v) is 1.29. The molecule has 0 spiro atoms. The molecular weight excluding hydrogens is 236 g/mol. The predicted octanol–water partition coefficient (Wildman–Crippen LogP) is 1.38. The van der Waals surface area contributed by atoms with Crippen molar-refractivity contribution in [2.45, 2.75) is 12.8 Å². The summed E-state index contributed by atoms with van der Waals surface area (Å²) < 4.78 is 9.65. The highest BCUT2D eigenvalue weighted by Gasteiger charge is 2.10. The van der Waals surface area contributed by atoms with Gasteiger partial charge in [-0.15, -0.1) is 0 Å². The molecule has 2 N–H and O–H groups in total. The Hall–Kier alpha value is -2.24. The van der Waals surface area contributed by atoms with Crippen molar-refractivity contribution in [3.63, 3.8) is 0 Å². The molecule has 0 bridgehead atoms. The molecule has 0 fully saturated rings. The molecule has 1 aliphatic heterocycles. The number of rotatable bonds is 5. The Morgan fingerprint density at radius 2 is 2.33 bits per heavy atom. The minimum Gasteiger partial charge on any atom is -0.512 e. The number of esters is 1. The molecule has 0 unspecified atom stereocenters. The van der Waals surface area contributed by atoms with E-state index in [4.69, 9.17) is 9.84 Å². The second-order valence-electron chi connectivity index (χ2n) is 3.40. The number of ether oxygens (including phenoxy) is 2. The summed E-state index contributed by atoms with van der Waals surface area (Å²) >= 11 is 0.